The topological polar surface area (TPSA) is 67.6 Å². The zero-order chi connectivity index (χ0) is 17.2. The second-order valence-electron chi connectivity index (χ2n) is 6.32. The molecule has 2 aromatic rings. The predicted octanol–water partition coefficient (Wildman–Crippen LogP) is 2.35. The summed E-state index contributed by atoms with van der Waals surface area (Å²) in [4.78, 5) is 14.5. The highest BCUT2D eigenvalue weighted by molar-refractivity contribution is 7.91. The Morgan fingerprint density at radius 2 is 2.00 bits per heavy atom. The smallest absolute Gasteiger partial charge is 0.227 e. The minimum atomic E-state index is -3.06. The molecule has 1 aromatic carbocycles. The molecule has 1 saturated heterocycles. The molecule has 0 saturated carbocycles. The third kappa shape index (κ3) is 4.06. The van der Waals surface area contributed by atoms with E-state index in [9.17, 15) is 13.2 Å². The Morgan fingerprint density at radius 3 is 2.58 bits per heavy atom. The molecule has 2 heterocycles. The zero-order valence-electron chi connectivity index (χ0n) is 13.6. The summed E-state index contributed by atoms with van der Waals surface area (Å²) in [5, 5.41) is 0. The van der Waals surface area contributed by atoms with Crippen LogP contribution in [0.15, 0.2) is 47.1 Å². The molecule has 0 aliphatic carbocycles. The number of hydrogen-bond acceptors (Lipinski definition) is 4. The van der Waals surface area contributed by atoms with Gasteiger partial charge in [0.1, 0.15) is 5.76 Å². The number of rotatable bonds is 5. The molecule has 0 radical (unpaired) electrons. The van der Waals surface area contributed by atoms with Crippen molar-refractivity contribution in [1.29, 1.82) is 0 Å². The molecule has 1 amide bonds. The van der Waals surface area contributed by atoms with Crippen LogP contribution in [-0.2, 0) is 27.6 Å². The first kappa shape index (κ1) is 16.8. The Morgan fingerprint density at radius 1 is 1.25 bits per heavy atom. The molecular formula is C18H21NO4S. The summed E-state index contributed by atoms with van der Waals surface area (Å²) in [5.74, 6) is 0.770. The van der Waals surface area contributed by atoms with E-state index in [4.69, 9.17) is 4.42 Å². The predicted molar refractivity (Wildman–Crippen MR) is 91.2 cm³/mol. The van der Waals surface area contributed by atoms with Gasteiger partial charge in [0.15, 0.2) is 9.84 Å². The van der Waals surface area contributed by atoms with Crippen LogP contribution < -0.4 is 0 Å². The molecular weight excluding hydrogens is 326 g/mol. The summed E-state index contributed by atoms with van der Waals surface area (Å²) in [6.07, 6.45) is 2.31. The van der Waals surface area contributed by atoms with Gasteiger partial charge in [0, 0.05) is 6.04 Å². The highest BCUT2D eigenvalue weighted by Gasteiger charge is 2.34. The maximum atomic E-state index is 12.8. The maximum absolute atomic E-state index is 12.8. The summed E-state index contributed by atoms with van der Waals surface area (Å²) in [6.45, 7) is 2.30. The average Bonchev–Trinajstić information content (AvgIpc) is 3.16. The molecule has 24 heavy (non-hydrogen) atoms. The fourth-order valence-electron chi connectivity index (χ4n) is 2.99. The number of furan rings is 1. The SMILES string of the molecule is Cc1ccc(CC(=O)N(Cc2ccco2)C2CCS(=O)(=O)C2)cc1. The van der Waals surface area contributed by atoms with Crippen molar-refractivity contribution in [3.8, 4) is 0 Å². The van der Waals surface area contributed by atoms with Gasteiger partial charge in [-0.3, -0.25) is 4.79 Å². The largest absolute Gasteiger partial charge is 0.467 e. The second-order valence-corrected chi connectivity index (χ2v) is 8.55. The van der Waals surface area contributed by atoms with Crippen LogP contribution in [0.3, 0.4) is 0 Å². The minimum Gasteiger partial charge on any atom is -0.467 e. The average molecular weight is 347 g/mol. The molecule has 0 N–H and O–H groups in total. The summed E-state index contributed by atoms with van der Waals surface area (Å²) >= 11 is 0. The van der Waals surface area contributed by atoms with Gasteiger partial charge >= 0.3 is 0 Å². The highest BCUT2D eigenvalue weighted by atomic mass is 32.2. The van der Waals surface area contributed by atoms with E-state index in [-0.39, 0.29) is 29.9 Å². The summed E-state index contributed by atoms with van der Waals surface area (Å²) in [7, 11) is -3.06. The van der Waals surface area contributed by atoms with Crippen molar-refractivity contribution < 1.29 is 17.6 Å². The Kier molecular flexibility index (Phi) is 4.76. The van der Waals surface area contributed by atoms with Crippen molar-refractivity contribution in [2.75, 3.05) is 11.5 Å². The van der Waals surface area contributed by atoms with Crippen LogP contribution in [0.5, 0.6) is 0 Å². The number of benzene rings is 1. The third-order valence-corrected chi connectivity index (χ3v) is 6.10. The van der Waals surface area contributed by atoms with E-state index in [1.54, 1.807) is 23.3 Å². The van der Waals surface area contributed by atoms with Crippen LogP contribution in [0.1, 0.15) is 23.3 Å². The van der Waals surface area contributed by atoms with Gasteiger partial charge in [0.25, 0.3) is 0 Å². The second kappa shape index (κ2) is 6.81. The lowest BCUT2D eigenvalue weighted by Gasteiger charge is -2.27. The molecule has 1 aliphatic heterocycles. The van der Waals surface area contributed by atoms with Gasteiger partial charge in [-0.25, -0.2) is 8.42 Å². The molecule has 6 heteroatoms. The number of carbonyl (C=O) groups excluding carboxylic acids is 1. The van der Waals surface area contributed by atoms with Gasteiger partial charge in [-0.2, -0.15) is 0 Å². The van der Waals surface area contributed by atoms with E-state index < -0.39 is 9.84 Å². The highest BCUT2D eigenvalue weighted by Crippen LogP contribution is 2.21. The van der Waals surface area contributed by atoms with Crippen LogP contribution in [0.2, 0.25) is 0 Å². The van der Waals surface area contributed by atoms with Crippen LogP contribution in [0.25, 0.3) is 0 Å². The van der Waals surface area contributed by atoms with Gasteiger partial charge in [-0.15, -0.1) is 0 Å². The normalized spacial score (nSPS) is 19.3. The van der Waals surface area contributed by atoms with Crippen LogP contribution >= 0.6 is 0 Å². The van der Waals surface area contributed by atoms with Gasteiger partial charge in [0.05, 0.1) is 30.7 Å². The molecule has 3 rings (SSSR count). The van der Waals surface area contributed by atoms with Crippen molar-refractivity contribution in [2.24, 2.45) is 0 Å². The van der Waals surface area contributed by atoms with Gasteiger partial charge in [-0.1, -0.05) is 29.8 Å². The van der Waals surface area contributed by atoms with E-state index in [1.165, 1.54) is 0 Å². The quantitative estimate of drug-likeness (QED) is 0.833. The number of sulfone groups is 1. The summed E-state index contributed by atoms with van der Waals surface area (Å²) in [5.41, 5.74) is 2.07. The maximum Gasteiger partial charge on any atom is 0.227 e. The van der Waals surface area contributed by atoms with Crippen LogP contribution in [-0.4, -0.2) is 36.8 Å². The number of aryl methyl sites for hydroxylation is 1. The molecule has 1 fully saturated rings. The van der Waals surface area contributed by atoms with Crippen molar-refractivity contribution in [1.82, 2.24) is 4.90 Å². The van der Waals surface area contributed by atoms with E-state index in [2.05, 4.69) is 0 Å². The number of amides is 1. The fourth-order valence-corrected chi connectivity index (χ4v) is 4.73. The molecule has 0 spiro atoms. The lowest BCUT2D eigenvalue weighted by atomic mass is 10.1. The molecule has 1 unspecified atom stereocenters. The number of nitrogens with zero attached hydrogens (tertiary/aromatic N) is 1. The first-order chi connectivity index (χ1) is 11.4. The fraction of sp³-hybridized carbons (Fsp3) is 0.389. The zero-order valence-corrected chi connectivity index (χ0v) is 14.5. The Bertz CT molecular complexity index is 794. The lowest BCUT2D eigenvalue weighted by molar-refractivity contribution is -0.133. The number of carbonyl (C=O) groups is 1. The van der Waals surface area contributed by atoms with E-state index in [0.29, 0.717) is 18.7 Å². The minimum absolute atomic E-state index is 0.0351. The lowest BCUT2D eigenvalue weighted by Crippen LogP contribution is -2.41. The van der Waals surface area contributed by atoms with Crippen molar-refractivity contribution in [3.05, 3.63) is 59.5 Å². The van der Waals surface area contributed by atoms with Crippen LogP contribution in [0.4, 0.5) is 0 Å². The van der Waals surface area contributed by atoms with Gasteiger partial charge in [-0.05, 0) is 31.0 Å². The van der Waals surface area contributed by atoms with E-state index >= 15 is 0 Å². The standard InChI is InChI=1S/C18H21NO4S/c1-14-4-6-15(7-5-14)11-18(20)19(12-17-3-2-9-23-17)16-8-10-24(21,22)13-16/h2-7,9,16H,8,10-13H2,1H3. The molecule has 1 aliphatic rings. The summed E-state index contributed by atoms with van der Waals surface area (Å²) < 4.78 is 29.0. The molecule has 1 atom stereocenters. The Balaban J connectivity index is 1.78. The van der Waals surface area contributed by atoms with Crippen molar-refractivity contribution in [2.45, 2.75) is 32.4 Å². The molecule has 1 aromatic heterocycles. The first-order valence-electron chi connectivity index (χ1n) is 8.01. The molecule has 128 valence electrons. The Hall–Kier alpha value is -2.08. The monoisotopic (exact) mass is 347 g/mol. The molecule has 0 bridgehead atoms. The molecule has 5 nitrogen and oxygen atoms in total. The van der Waals surface area contributed by atoms with E-state index in [1.807, 2.05) is 31.2 Å². The number of hydrogen-bond donors (Lipinski definition) is 0. The van der Waals surface area contributed by atoms with Gasteiger partial charge in [0.2, 0.25) is 5.91 Å². The van der Waals surface area contributed by atoms with Crippen molar-refractivity contribution in [3.63, 3.8) is 0 Å². The Labute approximate surface area is 142 Å². The van der Waals surface area contributed by atoms with Crippen LogP contribution in [0, 0.1) is 6.92 Å². The first-order valence-corrected chi connectivity index (χ1v) is 9.83. The van der Waals surface area contributed by atoms with Crippen molar-refractivity contribution >= 4 is 15.7 Å². The summed E-state index contributed by atoms with van der Waals surface area (Å²) in [6, 6.07) is 11.1. The van der Waals surface area contributed by atoms with Gasteiger partial charge < -0.3 is 9.32 Å². The van der Waals surface area contributed by atoms with E-state index in [0.717, 1.165) is 11.1 Å². The third-order valence-electron chi connectivity index (χ3n) is 4.35.